The number of nitrogens with zero attached hydrogens (tertiary/aromatic N) is 3. The van der Waals surface area contributed by atoms with Crippen molar-refractivity contribution in [3.8, 4) is 0 Å². The molecule has 2 aromatic heterocycles. The number of hydrogen-bond acceptors (Lipinski definition) is 7. The second-order valence-corrected chi connectivity index (χ2v) is 11.7. The summed E-state index contributed by atoms with van der Waals surface area (Å²) in [6.45, 7) is 3.43. The van der Waals surface area contributed by atoms with Crippen LogP contribution in [-0.2, 0) is 42.6 Å². The van der Waals surface area contributed by atoms with E-state index in [1.807, 2.05) is 6.20 Å². The molecule has 4 heterocycles. The number of thiophene rings is 1. The maximum absolute atomic E-state index is 13.7. The Hall–Kier alpha value is -1.50. The molecule has 36 heavy (non-hydrogen) atoms. The lowest BCUT2D eigenvalue weighted by atomic mass is 9.65. The van der Waals surface area contributed by atoms with Crippen molar-refractivity contribution in [3.63, 3.8) is 0 Å². The zero-order valence-electron chi connectivity index (χ0n) is 20.4. The Kier molecular flexibility index (Phi) is 7.01. The summed E-state index contributed by atoms with van der Waals surface area (Å²) in [7, 11) is 0. The number of hydrogen-bond donors (Lipinski definition) is 3. The van der Waals surface area contributed by atoms with Crippen molar-refractivity contribution in [2.75, 3.05) is 19.8 Å². The van der Waals surface area contributed by atoms with Gasteiger partial charge in [-0.15, -0.1) is 11.3 Å². The van der Waals surface area contributed by atoms with Gasteiger partial charge in [-0.3, -0.25) is 9.58 Å². The average molecular weight is 530 g/mol. The van der Waals surface area contributed by atoms with Gasteiger partial charge in [0.05, 0.1) is 38.7 Å². The second-order valence-electron chi connectivity index (χ2n) is 10.7. The quantitative estimate of drug-likeness (QED) is 0.509. The van der Waals surface area contributed by atoms with Gasteiger partial charge in [0, 0.05) is 46.7 Å². The van der Waals surface area contributed by atoms with Gasteiger partial charge in [0.15, 0.2) is 0 Å². The highest BCUT2D eigenvalue weighted by Crippen LogP contribution is 2.51. The Balaban J connectivity index is 1.27. The molecule has 2 aliphatic heterocycles. The number of ether oxygens (including phenoxy) is 1. The summed E-state index contributed by atoms with van der Waals surface area (Å²) >= 11 is 0.742. The average Bonchev–Trinajstić information content (AvgIpc) is 3.40. The maximum atomic E-state index is 13.7. The van der Waals surface area contributed by atoms with Gasteiger partial charge in [-0.25, -0.2) is 0 Å². The summed E-state index contributed by atoms with van der Waals surface area (Å²) < 4.78 is 48.9. The molecular formula is C25H34F3N3O4S. The van der Waals surface area contributed by atoms with E-state index >= 15 is 0 Å². The molecule has 0 aromatic carbocycles. The molecule has 1 saturated carbocycles. The van der Waals surface area contributed by atoms with E-state index in [1.165, 1.54) is 0 Å². The van der Waals surface area contributed by atoms with Crippen molar-refractivity contribution in [3.05, 3.63) is 38.8 Å². The van der Waals surface area contributed by atoms with Crippen LogP contribution in [0.2, 0.25) is 0 Å². The first-order chi connectivity index (χ1) is 17.1. The van der Waals surface area contributed by atoms with E-state index in [0.717, 1.165) is 36.2 Å². The van der Waals surface area contributed by atoms with Crippen LogP contribution in [0.25, 0.3) is 0 Å². The van der Waals surface area contributed by atoms with Gasteiger partial charge in [-0.2, -0.15) is 18.3 Å². The Labute approximate surface area is 212 Å². The summed E-state index contributed by atoms with van der Waals surface area (Å²) in [5.41, 5.74) is 0.468. The third-order valence-electron chi connectivity index (χ3n) is 8.53. The predicted molar refractivity (Wildman–Crippen MR) is 127 cm³/mol. The first-order valence-electron chi connectivity index (χ1n) is 12.6. The monoisotopic (exact) mass is 529 g/mol. The van der Waals surface area contributed by atoms with E-state index in [-0.39, 0.29) is 18.2 Å². The van der Waals surface area contributed by atoms with Crippen LogP contribution in [-0.4, -0.2) is 61.9 Å². The molecular weight excluding hydrogens is 495 g/mol. The fourth-order valence-corrected chi connectivity index (χ4v) is 7.60. The van der Waals surface area contributed by atoms with Crippen LogP contribution in [0.15, 0.2) is 12.4 Å². The van der Waals surface area contributed by atoms with Crippen LogP contribution in [0, 0.1) is 5.41 Å². The fraction of sp³-hybridized carbons (Fsp3) is 0.720. The van der Waals surface area contributed by atoms with Crippen molar-refractivity contribution in [2.45, 2.75) is 89.1 Å². The minimum absolute atomic E-state index is 0.0136. The topological polar surface area (TPSA) is 91.0 Å². The van der Waals surface area contributed by atoms with Gasteiger partial charge in [0.25, 0.3) is 0 Å². The summed E-state index contributed by atoms with van der Waals surface area (Å²) in [6, 6.07) is 0.0697. The first kappa shape index (κ1) is 26.1. The van der Waals surface area contributed by atoms with Crippen LogP contribution in [0.3, 0.4) is 0 Å². The van der Waals surface area contributed by atoms with Gasteiger partial charge < -0.3 is 20.1 Å². The SMILES string of the molecule is C[C@H]1C[C@@]2(CCN1Cc1cnn(CC(O)C3(CO)CCC3)c1)OCCc1c2sc(C(F)(F)F)c1CO. The molecule has 5 rings (SSSR count). The smallest absolute Gasteiger partial charge is 0.396 e. The molecule has 2 aromatic rings. The number of aliphatic hydroxyl groups is 3. The third kappa shape index (κ3) is 4.52. The van der Waals surface area contributed by atoms with Gasteiger partial charge in [-0.05, 0) is 44.6 Å². The minimum atomic E-state index is -4.49. The Morgan fingerprint density at radius 1 is 1.28 bits per heavy atom. The lowest BCUT2D eigenvalue weighted by molar-refractivity contribution is -0.135. The zero-order valence-corrected chi connectivity index (χ0v) is 21.2. The number of aliphatic hydroxyl groups excluding tert-OH is 3. The molecule has 0 amide bonds. The number of halogens is 3. The highest BCUT2D eigenvalue weighted by Gasteiger charge is 2.48. The summed E-state index contributed by atoms with van der Waals surface area (Å²) in [5, 5.41) is 34.5. The summed E-state index contributed by atoms with van der Waals surface area (Å²) in [4.78, 5) is 2.22. The highest BCUT2D eigenvalue weighted by atomic mass is 32.1. The van der Waals surface area contributed by atoms with Gasteiger partial charge in [-0.1, -0.05) is 6.42 Å². The minimum Gasteiger partial charge on any atom is -0.396 e. The maximum Gasteiger partial charge on any atom is 0.425 e. The van der Waals surface area contributed by atoms with Crippen LogP contribution >= 0.6 is 11.3 Å². The highest BCUT2D eigenvalue weighted by molar-refractivity contribution is 7.12. The standard InChI is InChI=1S/C25H34F3N3O4S/c1-16-9-24(21-18(3-8-35-24)19(14-32)22(36-21)25(26,27)28)6-7-30(16)11-17-10-29-31(12-17)13-20(34)23(15-33)4-2-5-23/h10,12,16,20,32-34H,2-9,11,13-15H2,1H3/t16-,20?,24+/m0/s1. The van der Waals surface area contributed by atoms with E-state index in [1.54, 1.807) is 10.9 Å². The number of alkyl halides is 3. The molecule has 1 saturated heterocycles. The molecule has 1 spiro atoms. The lowest BCUT2D eigenvalue weighted by Gasteiger charge is -2.47. The van der Waals surface area contributed by atoms with Crippen molar-refractivity contribution >= 4 is 11.3 Å². The molecule has 0 radical (unpaired) electrons. The zero-order chi connectivity index (χ0) is 25.7. The second kappa shape index (κ2) is 9.67. The van der Waals surface area contributed by atoms with Gasteiger partial charge in [0.2, 0.25) is 0 Å². The van der Waals surface area contributed by atoms with Crippen LogP contribution in [0.4, 0.5) is 13.2 Å². The molecule has 11 heteroatoms. The largest absolute Gasteiger partial charge is 0.425 e. The third-order valence-corrected chi connectivity index (χ3v) is 10.0. The Bertz CT molecular complexity index is 1080. The molecule has 7 nitrogen and oxygen atoms in total. The van der Waals surface area contributed by atoms with Gasteiger partial charge in [0.1, 0.15) is 10.5 Å². The van der Waals surface area contributed by atoms with Crippen molar-refractivity contribution in [1.82, 2.24) is 14.7 Å². The van der Waals surface area contributed by atoms with Crippen LogP contribution in [0.5, 0.6) is 0 Å². The number of rotatable bonds is 7. The van der Waals surface area contributed by atoms with Crippen molar-refractivity contribution in [1.29, 1.82) is 0 Å². The van der Waals surface area contributed by atoms with E-state index in [2.05, 4.69) is 16.9 Å². The fourth-order valence-electron chi connectivity index (χ4n) is 6.19. The number of aromatic nitrogens is 2. The Morgan fingerprint density at radius 3 is 2.67 bits per heavy atom. The number of piperidine rings is 1. The number of likely N-dealkylation sites (tertiary alicyclic amines) is 1. The molecule has 1 aliphatic carbocycles. The Morgan fingerprint density at radius 2 is 2.06 bits per heavy atom. The molecule has 3 atom stereocenters. The molecule has 2 fully saturated rings. The number of fused-ring (bicyclic) bond motifs is 2. The predicted octanol–water partition coefficient (Wildman–Crippen LogP) is 3.43. The van der Waals surface area contributed by atoms with E-state index in [4.69, 9.17) is 4.74 Å². The normalized spacial score (nSPS) is 27.1. The lowest BCUT2D eigenvalue weighted by Crippen LogP contribution is -2.50. The van der Waals surface area contributed by atoms with Crippen molar-refractivity contribution < 1.29 is 33.2 Å². The van der Waals surface area contributed by atoms with Gasteiger partial charge >= 0.3 is 6.18 Å². The van der Waals surface area contributed by atoms with Crippen LogP contribution in [0.1, 0.15) is 65.5 Å². The van der Waals surface area contributed by atoms with Crippen LogP contribution < -0.4 is 0 Å². The molecule has 1 unspecified atom stereocenters. The van der Waals surface area contributed by atoms with E-state index in [9.17, 15) is 28.5 Å². The first-order valence-corrected chi connectivity index (χ1v) is 13.4. The van der Waals surface area contributed by atoms with Crippen molar-refractivity contribution in [2.24, 2.45) is 5.41 Å². The summed E-state index contributed by atoms with van der Waals surface area (Å²) in [6.07, 6.45) is 2.78. The molecule has 3 aliphatic rings. The molecule has 0 bridgehead atoms. The summed E-state index contributed by atoms with van der Waals surface area (Å²) in [5.74, 6) is 0. The molecule has 3 N–H and O–H groups in total. The van der Waals surface area contributed by atoms with E-state index < -0.39 is 34.8 Å². The van der Waals surface area contributed by atoms with E-state index in [0.29, 0.717) is 55.9 Å². The molecule has 200 valence electrons.